The summed E-state index contributed by atoms with van der Waals surface area (Å²) in [5.74, 6) is 0.0965. The second-order valence-corrected chi connectivity index (χ2v) is 7.09. The van der Waals surface area contributed by atoms with Crippen LogP contribution in [0, 0.1) is 5.41 Å². The van der Waals surface area contributed by atoms with E-state index in [2.05, 4.69) is 24.5 Å². The van der Waals surface area contributed by atoms with Crippen LogP contribution in [-0.4, -0.2) is 24.5 Å². The lowest BCUT2D eigenvalue weighted by atomic mass is 9.77. The van der Waals surface area contributed by atoms with E-state index in [1.165, 1.54) is 0 Å². The van der Waals surface area contributed by atoms with Crippen molar-refractivity contribution in [2.24, 2.45) is 5.41 Å². The van der Waals surface area contributed by atoms with Crippen LogP contribution in [0.2, 0.25) is 5.02 Å². The number of carbonyl (C=O) groups is 1. The molecule has 1 aliphatic rings. The topological polar surface area (TPSA) is 41.1 Å². The molecule has 1 aromatic rings. The molecule has 2 atom stereocenters. The highest BCUT2D eigenvalue weighted by atomic mass is 35.5. The lowest BCUT2D eigenvalue weighted by molar-refractivity contribution is -0.127. The smallest absolute Gasteiger partial charge is 0.237 e. The maximum Gasteiger partial charge on any atom is 0.237 e. The van der Waals surface area contributed by atoms with E-state index in [0.717, 1.165) is 36.4 Å². The molecule has 1 aliphatic heterocycles. The SMILES string of the molecule is CC(Cc1ccccc1Cl)NC(=O)C1NCCCC1(C)C. The van der Waals surface area contributed by atoms with E-state index in [-0.39, 0.29) is 23.4 Å². The van der Waals surface area contributed by atoms with Crippen molar-refractivity contribution < 1.29 is 4.79 Å². The molecule has 2 rings (SSSR count). The minimum atomic E-state index is -0.111. The van der Waals surface area contributed by atoms with E-state index < -0.39 is 0 Å². The molecule has 2 N–H and O–H groups in total. The molecule has 1 heterocycles. The molecule has 116 valence electrons. The lowest BCUT2D eigenvalue weighted by Gasteiger charge is -2.38. The Morgan fingerprint density at radius 2 is 2.19 bits per heavy atom. The van der Waals surface area contributed by atoms with Gasteiger partial charge in [-0.15, -0.1) is 0 Å². The molecule has 1 aromatic carbocycles. The minimum Gasteiger partial charge on any atom is -0.352 e. The highest BCUT2D eigenvalue weighted by molar-refractivity contribution is 6.31. The average Bonchev–Trinajstić information content (AvgIpc) is 2.40. The number of hydrogen-bond acceptors (Lipinski definition) is 2. The van der Waals surface area contributed by atoms with Crippen molar-refractivity contribution in [3.8, 4) is 0 Å². The normalized spacial score (nSPS) is 22.6. The Morgan fingerprint density at radius 1 is 1.48 bits per heavy atom. The van der Waals surface area contributed by atoms with E-state index >= 15 is 0 Å². The van der Waals surface area contributed by atoms with Crippen LogP contribution in [0.3, 0.4) is 0 Å². The van der Waals surface area contributed by atoms with Crippen molar-refractivity contribution in [2.45, 2.75) is 52.1 Å². The Morgan fingerprint density at radius 3 is 2.86 bits per heavy atom. The average molecular weight is 309 g/mol. The molecule has 3 nitrogen and oxygen atoms in total. The monoisotopic (exact) mass is 308 g/mol. The third-order valence-corrected chi connectivity index (χ3v) is 4.63. The molecule has 0 aromatic heterocycles. The molecular formula is C17H25ClN2O. The van der Waals surface area contributed by atoms with Crippen LogP contribution >= 0.6 is 11.6 Å². The fourth-order valence-electron chi connectivity index (χ4n) is 3.03. The van der Waals surface area contributed by atoms with Gasteiger partial charge >= 0.3 is 0 Å². The van der Waals surface area contributed by atoms with E-state index in [4.69, 9.17) is 11.6 Å². The fraction of sp³-hybridized carbons (Fsp3) is 0.588. The number of hydrogen-bond donors (Lipinski definition) is 2. The molecule has 0 bridgehead atoms. The summed E-state index contributed by atoms with van der Waals surface area (Å²) in [5.41, 5.74) is 1.08. The number of carbonyl (C=O) groups excluding carboxylic acids is 1. The van der Waals surface area contributed by atoms with Crippen molar-refractivity contribution in [1.29, 1.82) is 0 Å². The zero-order chi connectivity index (χ0) is 15.5. The van der Waals surface area contributed by atoms with Gasteiger partial charge < -0.3 is 10.6 Å². The zero-order valence-electron chi connectivity index (χ0n) is 13.1. The predicted molar refractivity (Wildman–Crippen MR) is 87.6 cm³/mol. The Bertz CT molecular complexity index is 501. The number of piperidine rings is 1. The largest absolute Gasteiger partial charge is 0.352 e. The van der Waals surface area contributed by atoms with Gasteiger partial charge in [-0.05, 0) is 49.8 Å². The number of halogens is 1. The van der Waals surface area contributed by atoms with Gasteiger partial charge in [0.05, 0.1) is 6.04 Å². The van der Waals surface area contributed by atoms with Gasteiger partial charge in [-0.25, -0.2) is 0 Å². The maximum atomic E-state index is 12.5. The molecule has 1 amide bonds. The first-order valence-electron chi connectivity index (χ1n) is 7.67. The summed E-state index contributed by atoms with van der Waals surface area (Å²) in [6, 6.07) is 7.74. The van der Waals surface area contributed by atoms with Gasteiger partial charge in [-0.2, -0.15) is 0 Å². The first-order chi connectivity index (χ1) is 9.90. The third-order valence-electron chi connectivity index (χ3n) is 4.26. The Hall–Kier alpha value is -1.06. The van der Waals surface area contributed by atoms with Crippen LogP contribution in [0.15, 0.2) is 24.3 Å². The van der Waals surface area contributed by atoms with E-state index in [1.807, 2.05) is 31.2 Å². The highest BCUT2D eigenvalue weighted by Crippen LogP contribution is 2.30. The van der Waals surface area contributed by atoms with Crippen molar-refractivity contribution in [1.82, 2.24) is 10.6 Å². The second-order valence-electron chi connectivity index (χ2n) is 6.68. The molecule has 0 aliphatic carbocycles. The van der Waals surface area contributed by atoms with Crippen LogP contribution in [0.4, 0.5) is 0 Å². The fourth-order valence-corrected chi connectivity index (χ4v) is 3.24. The van der Waals surface area contributed by atoms with Crippen LogP contribution < -0.4 is 10.6 Å². The van der Waals surface area contributed by atoms with Crippen LogP contribution in [0.1, 0.15) is 39.2 Å². The van der Waals surface area contributed by atoms with Gasteiger partial charge in [0.15, 0.2) is 0 Å². The van der Waals surface area contributed by atoms with Crippen molar-refractivity contribution in [3.05, 3.63) is 34.9 Å². The highest BCUT2D eigenvalue weighted by Gasteiger charge is 2.37. The van der Waals surface area contributed by atoms with Gasteiger partial charge in [-0.3, -0.25) is 4.79 Å². The van der Waals surface area contributed by atoms with Gasteiger partial charge in [0.1, 0.15) is 0 Å². The van der Waals surface area contributed by atoms with Crippen LogP contribution in [0.5, 0.6) is 0 Å². The molecule has 1 fully saturated rings. The summed E-state index contributed by atoms with van der Waals surface area (Å²) in [6.45, 7) is 7.25. The Labute approximate surface area is 132 Å². The van der Waals surface area contributed by atoms with E-state index in [1.54, 1.807) is 0 Å². The van der Waals surface area contributed by atoms with Crippen molar-refractivity contribution in [3.63, 3.8) is 0 Å². The minimum absolute atomic E-state index is 0.00639. The summed E-state index contributed by atoms with van der Waals surface area (Å²) in [6.07, 6.45) is 2.96. The molecule has 0 radical (unpaired) electrons. The van der Waals surface area contributed by atoms with Crippen molar-refractivity contribution >= 4 is 17.5 Å². The third kappa shape index (κ3) is 4.21. The van der Waals surface area contributed by atoms with Crippen molar-refractivity contribution in [2.75, 3.05) is 6.54 Å². The van der Waals surface area contributed by atoms with Gasteiger partial charge in [0.2, 0.25) is 5.91 Å². The lowest BCUT2D eigenvalue weighted by Crippen LogP contribution is -2.57. The summed E-state index contributed by atoms with van der Waals surface area (Å²) in [4.78, 5) is 12.5. The molecule has 0 spiro atoms. The number of nitrogens with one attached hydrogen (secondary N) is 2. The molecular weight excluding hydrogens is 284 g/mol. The Kier molecular flexibility index (Phi) is 5.28. The summed E-state index contributed by atoms with van der Waals surface area (Å²) >= 11 is 6.17. The first-order valence-corrected chi connectivity index (χ1v) is 8.05. The van der Waals surface area contributed by atoms with Crippen LogP contribution in [0.25, 0.3) is 0 Å². The number of benzene rings is 1. The zero-order valence-corrected chi connectivity index (χ0v) is 13.8. The summed E-state index contributed by atoms with van der Waals surface area (Å²) in [5, 5.41) is 7.23. The second kappa shape index (κ2) is 6.80. The van der Waals surface area contributed by atoms with Gasteiger partial charge in [0.25, 0.3) is 0 Å². The Balaban J connectivity index is 1.94. The first kappa shape index (κ1) is 16.3. The molecule has 0 saturated carbocycles. The van der Waals surface area contributed by atoms with Crippen LogP contribution in [-0.2, 0) is 11.2 Å². The molecule has 21 heavy (non-hydrogen) atoms. The summed E-state index contributed by atoms with van der Waals surface area (Å²) < 4.78 is 0. The number of rotatable bonds is 4. The van der Waals surface area contributed by atoms with E-state index in [9.17, 15) is 4.79 Å². The molecule has 1 saturated heterocycles. The predicted octanol–water partition coefficient (Wildman–Crippen LogP) is 3.17. The standard InChI is InChI=1S/C17H25ClN2O/c1-12(11-13-7-4-5-8-14(13)18)20-16(21)15-17(2,3)9-6-10-19-15/h4-5,7-8,12,15,19H,6,9-11H2,1-3H3,(H,20,21). The quantitative estimate of drug-likeness (QED) is 0.897. The molecule has 2 unspecified atom stereocenters. The number of amides is 1. The molecule has 4 heteroatoms. The van der Waals surface area contributed by atoms with Gasteiger partial charge in [0, 0.05) is 11.1 Å². The van der Waals surface area contributed by atoms with Gasteiger partial charge in [-0.1, -0.05) is 43.6 Å². The summed E-state index contributed by atoms with van der Waals surface area (Å²) in [7, 11) is 0. The maximum absolute atomic E-state index is 12.5. The van der Waals surface area contributed by atoms with E-state index in [0.29, 0.717) is 0 Å².